The molecule has 2 aromatic carbocycles. The van der Waals surface area contributed by atoms with E-state index in [1.807, 2.05) is 48.6 Å². The van der Waals surface area contributed by atoms with Gasteiger partial charge >= 0.3 is 0 Å². The molecule has 0 bridgehead atoms. The van der Waals surface area contributed by atoms with E-state index in [1.54, 1.807) is 36.5 Å². The quantitative estimate of drug-likeness (QED) is 0.583. The molecule has 0 radical (unpaired) electrons. The summed E-state index contributed by atoms with van der Waals surface area (Å²) in [4.78, 5) is 29.4. The Morgan fingerprint density at radius 2 is 1.76 bits per heavy atom. The molecule has 142 valence electrons. The summed E-state index contributed by atoms with van der Waals surface area (Å²) in [6, 6.07) is 20.1. The van der Waals surface area contributed by atoms with Gasteiger partial charge in [0.2, 0.25) is 0 Å². The van der Waals surface area contributed by atoms with Crippen molar-refractivity contribution >= 4 is 34.5 Å². The number of hydrogen-bond donors (Lipinski definition) is 1. The van der Waals surface area contributed by atoms with Gasteiger partial charge in [0.1, 0.15) is 0 Å². The summed E-state index contributed by atoms with van der Waals surface area (Å²) in [6.45, 7) is 0. The molecule has 0 aliphatic heterocycles. The zero-order valence-corrected chi connectivity index (χ0v) is 15.7. The number of carbonyl (C=O) groups excluding carboxylic acids is 1. The Hall–Kier alpha value is -4.06. The van der Waals surface area contributed by atoms with Crippen LogP contribution in [-0.4, -0.2) is 20.7 Å². The molecule has 4 aromatic rings. The van der Waals surface area contributed by atoms with Crippen LogP contribution in [0.4, 0.5) is 5.69 Å². The number of benzene rings is 2. The molecule has 2 aromatic heterocycles. The number of carbonyl (C=O) groups is 1. The number of pyridine rings is 1. The smallest absolute Gasteiger partial charge is 0.276 e. The lowest BCUT2D eigenvalue weighted by Crippen LogP contribution is -2.25. The highest BCUT2D eigenvalue weighted by molar-refractivity contribution is 6.11. The molecule has 1 N–H and O–H groups in total. The first-order valence-electron chi connectivity index (χ1n) is 9.08. The van der Waals surface area contributed by atoms with Crippen molar-refractivity contribution < 1.29 is 4.79 Å². The lowest BCUT2D eigenvalue weighted by molar-refractivity contribution is 0.102. The molecule has 2 heterocycles. The van der Waals surface area contributed by atoms with E-state index >= 15 is 0 Å². The van der Waals surface area contributed by atoms with Crippen molar-refractivity contribution in [3.8, 4) is 0 Å². The number of nitrogens with one attached hydrogen (secondary N) is 1. The molecular formula is C23H18N4O2. The second-order valence-electron chi connectivity index (χ2n) is 6.49. The van der Waals surface area contributed by atoms with Crippen molar-refractivity contribution in [1.82, 2.24) is 14.8 Å². The van der Waals surface area contributed by atoms with Gasteiger partial charge in [-0.25, -0.2) is 4.68 Å². The minimum absolute atomic E-state index is 0.206. The van der Waals surface area contributed by atoms with Gasteiger partial charge < -0.3 is 5.32 Å². The van der Waals surface area contributed by atoms with Gasteiger partial charge in [-0.1, -0.05) is 42.5 Å². The first kappa shape index (κ1) is 18.3. The Kier molecular flexibility index (Phi) is 4.99. The molecular weight excluding hydrogens is 364 g/mol. The Balaban J connectivity index is 1.61. The number of aryl methyl sites for hydroxylation is 1. The number of anilines is 1. The molecule has 0 fully saturated rings. The van der Waals surface area contributed by atoms with Crippen molar-refractivity contribution in [3.05, 3.63) is 100 Å². The fourth-order valence-electron chi connectivity index (χ4n) is 3.03. The van der Waals surface area contributed by atoms with E-state index in [4.69, 9.17) is 0 Å². The largest absolute Gasteiger partial charge is 0.321 e. The van der Waals surface area contributed by atoms with Crippen LogP contribution in [-0.2, 0) is 7.05 Å². The normalized spacial score (nSPS) is 11.1. The molecule has 6 heteroatoms. The third-order valence-corrected chi connectivity index (χ3v) is 4.45. The molecule has 0 aliphatic carbocycles. The fourth-order valence-corrected chi connectivity index (χ4v) is 3.03. The summed E-state index contributed by atoms with van der Waals surface area (Å²) in [5.74, 6) is -0.373. The van der Waals surface area contributed by atoms with E-state index in [9.17, 15) is 9.59 Å². The predicted octanol–water partition coefficient (Wildman–Crippen LogP) is 3.75. The van der Waals surface area contributed by atoms with Gasteiger partial charge in [-0.3, -0.25) is 14.6 Å². The lowest BCUT2D eigenvalue weighted by atomic mass is 10.1. The Morgan fingerprint density at radius 1 is 0.966 bits per heavy atom. The second-order valence-corrected chi connectivity index (χ2v) is 6.49. The Morgan fingerprint density at radius 3 is 2.55 bits per heavy atom. The van der Waals surface area contributed by atoms with E-state index in [0.29, 0.717) is 16.5 Å². The van der Waals surface area contributed by atoms with Crippen LogP contribution in [0.5, 0.6) is 0 Å². The van der Waals surface area contributed by atoms with Gasteiger partial charge in [-0.15, -0.1) is 0 Å². The minimum atomic E-state index is -0.373. The molecule has 1 amide bonds. The minimum Gasteiger partial charge on any atom is -0.321 e. The lowest BCUT2D eigenvalue weighted by Gasteiger charge is -2.09. The van der Waals surface area contributed by atoms with Gasteiger partial charge in [0.25, 0.3) is 11.5 Å². The van der Waals surface area contributed by atoms with Crippen molar-refractivity contribution in [1.29, 1.82) is 0 Å². The van der Waals surface area contributed by atoms with E-state index in [0.717, 1.165) is 11.3 Å². The standard InChI is InChI=1S/C23H18N4O2/c1-27-23(29)20-11-3-2-10-19(20)21(26-27)22(28)25-18-9-6-7-16(15-18)12-13-17-8-4-5-14-24-17/h2-15H,1H3,(H,25,28). The van der Waals surface area contributed by atoms with E-state index < -0.39 is 0 Å². The van der Waals surface area contributed by atoms with Crippen LogP contribution >= 0.6 is 0 Å². The highest BCUT2D eigenvalue weighted by Crippen LogP contribution is 2.17. The summed E-state index contributed by atoms with van der Waals surface area (Å²) < 4.78 is 1.18. The number of amides is 1. The van der Waals surface area contributed by atoms with Gasteiger partial charge in [-0.2, -0.15) is 5.10 Å². The maximum atomic E-state index is 12.9. The maximum Gasteiger partial charge on any atom is 0.276 e. The SMILES string of the molecule is Cn1nc(C(=O)Nc2cccc(C=Cc3ccccn3)c2)c2ccccc2c1=O. The van der Waals surface area contributed by atoms with Crippen molar-refractivity contribution in [3.63, 3.8) is 0 Å². The molecule has 6 nitrogen and oxygen atoms in total. The van der Waals surface area contributed by atoms with Gasteiger partial charge in [0.15, 0.2) is 5.69 Å². The van der Waals surface area contributed by atoms with E-state index in [2.05, 4.69) is 15.4 Å². The second kappa shape index (κ2) is 7.90. The van der Waals surface area contributed by atoms with Crippen molar-refractivity contribution in [2.45, 2.75) is 0 Å². The average Bonchev–Trinajstić information content (AvgIpc) is 2.76. The zero-order valence-electron chi connectivity index (χ0n) is 15.7. The number of fused-ring (bicyclic) bond motifs is 1. The summed E-state index contributed by atoms with van der Waals surface area (Å²) in [7, 11) is 1.54. The van der Waals surface area contributed by atoms with Crippen LogP contribution in [0.2, 0.25) is 0 Å². The Bertz CT molecular complexity index is 1280. The third-order valence-electron chi connectivity index (χ3n) is 4.45. The van der Waals surface area contributed by atoms with Crippen LogP contribution in [0, 0.1) is 0 Å². The number of hydrogen-bond acceptors (Lipinski definition) is 4. The summed E-state index contributed by atoms with van der Waals surface area (Å²) >= 11 is 0. The number of rotatable bonds is 4. The van der Waals surface area contributed by atoms with Gasteiger partial charge in [0.05, 0.1) is 11.1 Å². The molecule has 0 saturated carbocycles. The third kappa shape index (κ3) is 3.96. The number of aromatic nitrogens is 3. The van der Waals surface area contributed by atoms with Crippen LogP contribution in [0.15, 0.2) is 77.7 Å². The summed E-state index contributed by atoms with van der Waals surface area (Å²) in [6.07, 6.45) is 5.57. The van der Waals surface area contributed by atoms with Gasteiger partial charge in [-0.05, 0) is 42.0 Å². The summed E-state index contributed by atoms with van der Waals surface area (Å²) in [5, 5.41) is 8.02. The molecule has 29 heavy (non-hydrogen) atoms. The highest BCUT2D eigenvalue weighted by Gasteiger charge is 2.15. The first-order chi connectivity index (χ1) is 14.1. The first-order valence-corrected chi connectivity index (χ1v) is 9.08. The maximum absolute atomic E-state index is 12.9. The van der Waals surface area contributed by atoms with Crippen LogP contribution in [0.3, 0.4) is 0 Å². The van der Waals surface area contributed by atoms with Gasteiger partial charge in [0, 0.05) is 24.3 Å². The topological polar surface area (TPSA) is 76.9 Å². The van der Waals surface area contributed by atoms with Crippen molar-refractivity contribution in [2.75, 3.05) is 5.32 Å². The van der Waals surface area contributed by atoms with E-state index in [-0.39, 0.29) is 17.2 Å². The molecule has 0 aliphatic rings. The van der Waals surface area contributed by atoms with Crippen LogP contribution in [0.1, 0.15) is 21.7 Å². The average molecular weight is 382 g/mol. The fraction of sp³-hybridized carbons (Fsp3) is 0.0435. The molecule has 0 saturated heterocycles. The van der Waals surface area contributed by atoms with Crippen LogP contribution in [0.25, 0.3) is 22.9 Å². The summed E-state index contributed by atoms with van der Waals surface area (Å²) in [5.41, 5.74) is 2.38. The Labute approximate surface area is 167 Å². The molecule has 0 spiro atoms. The molecule has 0 unspecified atom stereocenters. The van der Waals surface area contributed by atoms with E-state index in [1.165, 1.54) is 11.7 Å². The molecule has 4 rings (SSSR count). The zero-order chi connectivity index (χ0) is 20.2. The highest BCUT2D eigenvalue weighted by atomic mass is 16.2. The van der Waals surface area contributed by atoms with Crippen molar-refractivity contribution in [2.24, 2.45) is 7.05 Å². The predicted molar refractivity (Wildman–Crippen MR) is 115 cm³/mol. The van der Waals surface area contributed by atoms with Crippen LogP contribution < -0.4 is 10.9 Å². The monoisotopic (exact) mass is 382 g/mol. The number of nitrogens with zero attached hydrogens (tertiary/aromatic N) is 3. The molecule has 0 atom stereocenters.